The van der Waals surface area contributed by atoms with Crippen LogP contribution in [-0.2, 0) is 6.54 Å². The lowest BCUT2D eigenvalue weighted by atomic mass is 10.1. The predicted molar refractivity (Wildman–Crippen MR) is 146 cm³/mol. The first-order valence-electron chi connectivity index (χ1n) is 12.8. The molecule has 0 saturated carbocycles. The van der Waals surface area contributed by atoms with Crippen LogP contribution in [0.5, 0.6) is 12.0 Å². The largest absolute Gasteiger partial charge is 0.468 e. The summed E-state index contributed by atoms with van der Waals surface area (Å²) >= 11 is 1.66. The molecule has 2 N–H and O–H groups in total. The maximum absolute atomic E-state index is 6.17. The van der Waals surface area contributed by atoms with Crippen LogP contribution in [0.3, 0.4) is 0 Å². The van der Waals surface area contributed by atoms with Gasteiger partial charge in [-0.15, -0.1) is 11.3 Å². The standard InChI is InChI=1S/C26H37N7O2S/c1-5-7-14-35-25-30-22(27)21-23(31-25)33(26(29-21)34-4)17-20-15-28-24(36-20)18(3)10-11-19(6-2)16-32-12-8-9-13-32/h10-11,15H,5-9,12-14,16-17H2,1-4H3,(H2,27,30,31). The zero-order valence-corrected chi connectivity index (χ0v) is 22.6. The number of ether oxygens (including phenoxy) is 2. The third kappa shape index (κ3) is 6.22. The summed E-state index contributed by atoms with van der Waals surface area (Å²) in [5, 5.41) is 0.999. The number of hydrogen-bond acceptors (Lipinski definition) is 9. The summed E-state index contributed by atoms with van der Waals surface area (Å²) < 4.78 is 13.1. The maximum atomic E-state index is 6.17. The van der Waals surface area contributed by atoms with Gasteiger partial charge in [-0.1, -0.05) is 38.0 Å². The quantitative estimate of drug-likeness (QED) is 0.269. The number of hydrogen-bond donors (Lipinski definition) is 1. The highest BCUT2D eigenvalue weighted by atomic mass is 32.1. The average Bonchev–Trinajstić information content (AvgIpc) is 3.63. The van der Waals surface area contributed by atoms with E-state index in [1.165, 1.54) is 31.5 Å². The maximum Gasteiger partial charge on any atom is 0.320 e. The van der Waals surface area contributed by atoms with Crippen LogP contribution in [0.15, 0.2) is 23.9 Å². The summed E-state index contributed by atoms with van der Waals surface area (Å²) in [4.78, 5) is 21.6. The van der Waals surface area contributed by atoms with Gasteiger partial charge >= 0.3 is 6.01 Å². The summed E-state index contributed by atoms with van der Waals surface area (Å²) in [5.41, 5.74) is 9.87. The van der Waals surface area contributed by atoms with E-state index >= 15 is 0 Å². The zero-order chi connectivity index (χ0) is 25.5. The Morgan fingerprint density at radius 1 is 1.17 bits per heavy atom. The van der Waals surface area contributed by atoms with Gasteiger partial charge in [-0.25, -0.2) is 4.98 Å². The van der Waals surface area contributed by atoms with Crippen LogP contribution in [0.1, 0.15) is 62.8 Å². The van der Waals surface area contributed by atoms with Gasteiger partial charge in [-0.3, -0.25) is 9.47 Å². The minimum Gasteiger partial charge on any atom is -0.468 e. The van der Waals surface area contributed by atoms with E-state index in [1.807, 2.05) is 10.8 Å². The molecule has 3 aromatic heterocycles. The molecule has 10 heteroatoms. The number of nitrogens with zero attached hydrogens (tertiary/aromatic N) is 6. The second-order valence-corrected chi connectivity index (χ2v) is 10.2. The van der Waals surface area contributed by atoms with Crippen molar-refractivity contribution in [2.45, 2.75) is 59.4 Å². The Labute approximate surface area is 217 Å². The van der Waals surface area contributed by atoms with Crippen molar-refractivity contribution in [2.24, 2.45) is 0 Å². The number of fused-ring (bicyclic) bond motifs is 1. The van der Waals surface area contributed by atoms with Crippen LogP contribution in [0.25, 0.3) is 16.7 Å². The number of thiazole rings is 1. The van der Waals surface area contributed by atoms with Crippen LogP contribution in [0.4, 0.5) is 5.82 Å². The van der Waals surface area contributed by atoms with Gasteiger partial charge in [0.25, 0.3) is 6.01 Å². The van der Waals surface area contributed by atoms with Crippen LogP contribution in [0, 0.1) is 0 Å². The number of likely N-dealkylation sites (tertiary alicyclic amines) is 1. The first kappa shape index (κ1) is 26.1. The van der Waals surface area contributed by atoms with Crippen LogP contribution < -0.4 is 15.2 Å². The Kier molecular flexibility index (Phi) is 8.93. The van der Waals surface area contributed by atoms with Gasteiger partial charge in [0.1, 0.15) is 5.01 Å². The lowest BCUT2D eigenvalue weighted by Gasteiger charge is -2.15. The molecule has 1 fully saturated rings. The Morgan fingerprint density at radius 2 is 1.97 bits per heavy atom. The molecule has 0 radical (unpaired) electrons. The lowest BCUT2D eigenvalue weighted by molar-refractivity contribution is 0.286. The monoisotopic (exact) mass is 511 g/mol. The molecule has 0 aliphatic carbocycles. The second kappa shape index (κ2) is 12.3. The summed E-state index contributed by atoms with van der Waals surface area (Å²) in [6.07, 6.45) is 12.0. The van der Waals surface area contributed by atoms with Crippen LogP contribution >= 0.6 is 11.3 Å². The van der Waals surface area contributed by atoms with E-state index in [1.54, 1.807) is 18.4 Å². The number of unbranched alkanes of at least 4 members (excludes halogenated alkanes) is 1. The van der Waals surface area contributed by atoms with Gasteiger partial charge in [-0.05, 0) is 51.3 Å². The highest BCUT2D eigenvalue weighted by Crippen LogP contribution is 2.29. The Morgan fingerprint density at radius 3 is 2.69 bits per heavy atom. The molecule has 194 valence electrons. The van der Waals surface area contributed by atoms with Crippen LogP contribution in [-0.4, -0.2) is 62.8 Å². The van der Waals surface area contributed by atoms with Gasteiger partial charge in [0, 0.05) is 17.6 Å². The fourth-order valence-corrected chi connectivity index (χ4v) is 5.08. The molecule has 1 aliphatic heterocycles. The van der Waals surface area contributed by atoms with E-state index in [4.69, 9.17) is 15.2 Å². The molecule has 4 heterocycles. The second-order valence-electron chi connectivity index (χ2n) is 9.09. The fourth-order valence-electron chi connectivity index (χ4n) is 4.20. The van der Waals surface area contributed by atoms with Gasteiger partial charge < -0.3 is 15.2 Å². The summed E-state index contributed by atoms with van der Waals surface area (Å²) in [5.74, 6) is 0.278. The van der Waals surface area contributed by atoms with Crippen molar-refractivity contribution in [3.8, 4) is 12.0 Å². The average molecular weight is 512 g/mol. The van der Waals surface area contributed by atoms with Crippen molar-refractivity contribution in [1.82, 2.24) is 29.4 Å². The molecule has 4 rings (SSSR count). The Bertz CT molecular complexity index is 1220. The fraction of sp³-hybridized carbons (Fsp3) is 0.538. The topological polar surface area (TPSA) is 104 Å². The van der Waals surface area contributed by atoms with Crippen molar-refractivity contribution in [1.29, 1.82) is 0 Å². The van der Waals surface area contributed by atoms with Crippen molar-refractivity contribution in [3.05, 3.63) is 33.8 Å². The molecule has 0 amide bonds. The Hall–Kier alpha value is -2.98. The molecule has 0 unspecified atom stereocenters. The number of nitrogens with two attached hydrogens (primary N) is 1. The molecule has 1 aliphatic rings. The van der Waals surface area contributed by atoms with Gasteiger partial charge in [0.05, 0.1) is 20.3 Å². The van der Waals surface area contributed by atoms with E-state index in [2.05, 4.69) is 57.8 Å². The number of aromatic nitrogens is 5. The molecule has 0 bridgehead atoms. The van der Waals surface area contributed by atoms with E-state index in [-0.39, 0.29) is 11.8 Å². The third-order valence-corrected chi connectivity index (χ3v) is 7.45. The van der Waals surface area contributed by atoms with Crippen molar-refractivity contribution >= 4 is 33.9 Å². The highest BCUT2D eigenvalue weighted by molar-refractivity contribution is 7.12. The first-order chi connectivity index (χ1) is 17.5. The van der Waals surface area contributed by atoms with Gasteiger partial charge in [-0.2, -0.15) is 15.0 Å². The Balaban J connectivity index is 1.53. The molecular weight excluding hydrogens is 474 g/mol. The molecule has 3 aromatic rings. The van der Waals surface area contributed by atoms with Crippen LogP contribution in [0.2, 0.25) is 0 Å². The molecule has 1 saturated heterocycles. The lowest BCUT2D eigenvalue weighted by Crippen LogP contribution is -2.21. The number of allylic oxidation sites excluding steroid dienone is 3. The van der Waals surface area contributed by atoms with E-state index in [0.29, 0.717) is 30.3 Å². The SMILES string of the molecule is CCCCOc1nc(N)c2nc(OC)n(Cc3cnc(C(C)=CC=C(CC)CN4CCCC4)s3)c2n1. The molecular formula is C26H37N7O2S. The molecule has 0 aromatic carbocycles. The molecule has 0 spiro atoms. The summed E-state index contributed by atoms with van der Waals surface area (Å²) in [6.45, 7) is 11.0. The number of imidazole rings is 1. The minimum absolute atomic E-state index is 0.258. The predicted octanol–water partition coefficient (Wildman–Crippen LogP) is 4.94. The summed E-state index contributed by atoms with van der Waals surface area (Å²) in [7, 11) is 1.59. The van der Waals surface area contributed by atoms with Crippen molar-refractivity contribution in [2.75, 3.05) is 39.1 Å². The number of anilines is 1. The normalized spacial score (nSPS) is 15.2. The highest BCUT2D eigenvalue weighted by Gasteiger charge is 2.19. The molecule has 9 nitrogen and oxygen atoms in total. The number of methoxy groups -OCH3 is 1. The van der Waals surface area contributed by atoms with E-state index < -0.39 is 0 Å². The molecule has 0 atom stereocenters. The van der Waals surface area contributed by atoms with Crippen molar-refractivity contribution in [3.63, 3.8) is 0 Å². The van der Waals surface area contributed by atoms with Crippen molar-refractivity contribution < 1.29 is 9.47 Å². The smallest absolute Gasteiger partial charge is 0.320 e. The van der Waals surface area contributed by atoms with E-state index in [9.17, 15) is 0 Å². The zero-order valence-electron chi connectivity index (χ0n) is 21.8. The van der Waals surface area contributed by atoms with E-state index in [0.717, 1.165) is 41.3 Å². The first-order valence-corrected chi connectivity index (χ1v) is 13.6. The van der Waals surface area contributed by atoms with Gasteiger partial charge in [0.2, 0.25) is 0 Å². The molecule has 36 heavy (non-hydrogen) atoms. The summed E-state index contributed by atoms with van der Waals surface area (Å²) in [6, 6.07) is 0.685. The number of nitrogen functional groups attached to an aromatic ring is 1. The van der Waals surface area contributed by atoms with Gasteiger partial charge in [0.15, 0.2) is 17.0 Å². The minimum atomic E-state index is 0.258. The number of rotatable bonds is 12. The third-order valence-electron chi connectivity index (χ3n) is 6.33.